The van der Waals surface area contributed by atoms with Crippen molar-refractivity contribution in [3.63, 3.8) is 0 Å². The lowest BCUT2D eigenvalue weighted by Crippen LogP contribution is -2.33. The maximum Gasteiger partial charge on any atom is 0.0582 e. The van der Waals surface area contributed by atoms with Gasteiger partial charge in [-0.15, -0.1) is 0 Å². The van der Waals surface area contributed by atoms with Crippen molar-refractivity contribution in [1.29, 1.82) is 0 Å². The largest absolute Gasteiger partial charge is 0.308 e. The molecule has 2 aliphatic rings. The zero-order valence-corrected chi connectivity index (χ0v) is 15.1. The number of hydrogen-bond acceptors (Lipinski definition) is 0. The Bertz CT molecular complexity index is 1140. The van der Waals surface area contributed by atoms with Crippen LogP contribution in [-0.4, -0.2) is 4.57 Å². The molecule has 0 amide bonds. The lowest BCUT2D eigenvalue weighted by Gasteiger charge is -2.42. The molecule has 0 spiro atoms. The molecular weight excluding hydrogens is 302 g/mol. The van der Waals surface area contributed by atoms with E-state index in [-0.39, 0.29) is 10.8 Å². The summed E-state index contributed by atoms with van der Waals surface area (Å²) in [7, 11) is 0. The van der Waals surface area contributed by atoms with Crippen LogP contribution < -0.4 is 0 Å². The molecule has 0 bridgehead atoms. The average molecular weight is 323 g/mol. The molecule has 122 valence electrons. The molecule has 0 atom stereocenters. The van der Waals surface area contributed by atoms with E-state index in [1.165, 1.54) is 49.7 Å². The van der Waals surface area contributed by atoms with Crippen LogP contribution in [0.5, 0.6) is 0 Å². The van der Waals surface area contributed by atoms with E-state index in [0.29, 0.717) is 0 Å². The summed E-state index contributed by atoms with van der Waals surface area (Å²) >= 11 is 0. The Morgan fingerprint density at radius 3 is 1.44 bits per heavy atom. The molecule has 4 aromatic rings. The molecule has 2 aliphatic heterocycles. The molecular formula is C24H21N. The monoisotopic (exact) mass is 323 g/mol. The standard InChI is InChI=1S/C24H21N/c1-23(2)16-10-5-8-14-15-9-6-11-17-21(15)25(20(14)16)22-18(23)12-7-13-19(22)24(17,3)4/h5-13H,1-4H3. The van der Waals surface area contributed by atoms with Gasteiger partial charge in [0, 0.05) is 21.6 Å². The van der Waals surface area contributed by atoms with Crippen LogP contribution in [-0.2, 0) is 10.8 Å². The highest BCUT2D eigenvalue weighted by atomic mass is 15.0. The average Bonchev–Trinajstić information content (AvgIpc) is 2.94. The van der Waals surface area contributed by atoms with E-state index in [9.17, 15) is 0 Å². The summed E-state index contributed by atoms with van der Waals surface area (Å²) < 4.78 is 2.57. The van der Waals surface area contributed by atoms with Gasteiger partial charge in [0.1, 0.15) is 0 Å². The maximum atomic E-state index is 2.57. The van der Waals surface area contributed by atoms with Crippen LogP contribution in [0.2, 0.25) is 0 Å². The molecule has 0 radical (unpaired) electrons. The zero-order valence-electron chi connectivity index (χ0n) is 15.1. The van der Waals surface area contributed by atoms with Gasteiger partial charge in [0.05, 0.1) is 16.7 Å². The number of hydrogen-bond donors (Lipinski definition) is 0. The zero-order chi connectivity index (χ0) is 17.1. The summed E-state index contributed by atoms with van der Waals surface area (Å²) in [5.41, 5.74) is 10.1. The normalized spacial score (nSPS) is 18.2. The number of rotatable bonds is 0. The number of nitrogens with zero attached hydrogens (tertiary/aromatic N) is 1. The molecule has 3 heterocycles. The fourth-order valence-electron chi connectivity index (χ4n) is 5.43. The van der Waals surface area contributed by atoms with Crippen LogP contribution in [0.3, 0.4) is 0 Å². The third kappa shape index (κ3) is 1.29. The predicted molar refractivity (Wildman–Crippen MR) is 105 cm³/mol. The highest BCUT2D eigenvalue weighted by Crippen LogP contribution is 2.54. The number of benzene rings is 3. The molecule has 0 saturated carbocycles. The summed E-state index contributed by atoms with van der Waals surface area (Å²) in [4.78, 5) is 0. The minimum atomic E-state index is 0.0167. The van der Waals surface area contributed by atoms with Crippen molar-refractivity contribution >= 4 is 21.8 Å². The van der Waals surface area contributed by atoms with E-state index < -0.39 is 0 Å². The predicted octanol–water partition coefficient (Wildman–Crippen LogP) is 6.06. The molecule has 0 N–H and O–H groups in total. The molecule has 25 heavy (non-hydrogen) atoms. The highest BCUT2D eigenvalue weighted by molar-refractivity contribution is 6.13. The van der Waals surface area contributed by atoms with E-state index >= 15 is 0 Å². The second kappa shape index (κ2) is 3.83. The quantitative estimate of drug-likeness (QED) is 0.370. The fraction of sp³-hybridized carbons (Fsp3) is 0.250. The Balaban J connectivity index is 2.06. The van der Waals surface area contributed by atoms with Crippen molar-refractivity contribution in [1.82, 2.24) is 4.57 Å². The van der Waals surface area contributed by atoms with Crippen LogP contribution in [0.4, 0.5) is 0 Å². The van der Waals surface area contributed by atoms with Crippen molar-refractivity contribution in [2.45, 2.75) is 38.5 Å². The Morgan fingerprint density at radius 2 is 0.960 bits per heavy atom. The second-order valence-corrected chi connectivity index (χ2v) is 8.69. The van der Waals surface area contributed by atoms with Crippen molar-refractivity contribution in [3.05, 3.63) is 76.9 Å². The maximum absolute atomic E-state index is 2.57. The first kappa shape index (κ1) is 13.7. The van der Waals surface area contributed by atoms with E-state index in [4.69, 9.17) is 0 Å². The van der Waals surface area contributed by atoms with Gasteiger partial charge in [-0.2, -0.15) is 0 Å². The van der Waals surface area contributed by atoms with Crippen molar-refractivity contribution in [3.8, 4) is 5.69 Å². The van der Waals surface area contributed by atoms with Gasteiger partial charge in [-0.3, -0.25) is 0 Å². The third-order valence-electron chi connectivity index (χ3n) is 6.76. The minimum Gasteiger partial charge on any atom is -0.308 e. The Hall–Kier alpha value is -2.54. The number of aromatic nitrogens is 1. The van der Waals surface area contributed by atoms with E-state index in [0.717, 1.165) is 0 Å². The first-order valence-electron chi connectivity index (χ1n) is 9.15. The highest BCUT2D eigenvalue weighted by Gasteiger charge is 2.42. The molecule has 0 aliphatic carbocycles. The molecule has 0 fully saturated rings. The van der Waals surface area contributed by atoms with Gasteiger partial charge < -0.3 is 4.57 Å². The summed E-state index contributed by atoms with van der Waals surface area (Å²) in [5, 5.41) is 2.78. The second-order valence-electron chi connectivity index (χ2n) is 8.69. The van der Waals surface area contributed by atoms with Crippen LogP contribution in [0.1, 0.15) is 49.9 Å². The van der Waals surface area contributed by atoms with Gasteiger partial charge in [0.15, 0.2) is 0 Å². The molecule has 0 saturated heterocycles. The summed E-state index contributed by atoms with van der Waals surface area (Å²) in [6.45, 7) is 9.50. The number of fused-ring (bicyclic) bond motifs is 1. The smallest absolute Gasteiger partial charge is 0.0582 e. The molecule has 1 aromatic heterocycles. The Morgan fingerprint density at radius 1 is 0.560 bits per heavy atom. The molecule has 1 heteroatoms. The van der Waals surface area contributed by atoms with Gasteiger partial charge in [-0.05, 0) is 22.3 Å². The van der Waals surface area contributed by atoms with Gasteiger partial charge >= 0.3 is 0 Å². The van der Waals surface area contributed by atoms with Crippen molar-refractivity contribution in [2.75, 3.05) is 0 Å². The first-order valence-corrected chi connectivity index (χ1v) is 9.15. The van der Waals surface area contributed by atoms with Crippen LogP contribution in [0.25, 0.3) is 27.5 Å². The summed E-state index contributed by atoms with van der Waals surface area (Å²) in [6, 6.07) is 20.6. The molecule has 3 aromatic carbocycles. The lowest BCUT2D eigenvalue weighted by molar-refractivity contribution is 0.593. The van der Waals surface area contributed by atoms with Gasteiger partial charge in [-0.25, -0.2) is 0 Å². The van der Waals surface area contributed by atoms with Crippen molar-refractivity contribution in [2.24, 2.45) is 0 Å². The van der Waals surface area contributed by atoms with Crippen LogP contribution in [0.15, 0.2) is 54.6 Å². The third-order valence-corrected chi connectivity index (χ3v) is 6.76. The van der Waals surface area contributed by atoms with E-state index in [2.05, 4.69) is 86.9 Å². The SMILES string of the molecule is CC1(C)c2cccc3c2-n2c4c1cccc4c1cccc(c12)C3(C)C. The summed E-state index contributed by atoms with van der Waals surface area (Å²) in [6.07, 6.45) is 0. The van der Waals surface area contributed by atoms with Gasteiger partial charge in [-0.1, -0.05) is 82.3 Å². The van der Waals surface area contributed by atoms with Crippen molar-refractivity contribution < 1.29 is 0 Å². The van der Waals surface area contributed by atoms with Gasteiger partial charge in [0.25, 0.3) is 0 Å². The summed E-state index contributed by atoms with van der Waals surface area (Å²) in [5.74, 6) is 0. The molecule has 6 rings (SSSR count). The minimum absolute atomic E-state index is 0.0167. The molecule has 1 nitrogen and oxygen atoms in total. The topological polar surface area (TPSA) is 4.93 Å². The fourth-order valence-corrected chi connectivity index (χ4v) is 5.43. The Kier molecular flexibility index (Phi) is 2.10. The number of para-hydroxylation sites is 3. The Labute approximate surface area is 147 Å². The first-order chi connectivity index (χ1) is 11.9. The molecule has 0 unspecified atom stereocenters. The lowest BCUT2D eigenvalue weighted by atomic mass is 9.69. The van der Waals surface area contributed by atoms with E-state index in [1.54, 1.807) is 0 Å². The van der Waals surface area contributed by atoms with Crippen LogP contribution in [0, 0.1) is 0 Å². The van der Waals surface area contributed by atoms with Gasteiger partial charge in [0.2, 0.25) is 0 Å². The van der Waals surface area contributed by atoms with E-state index in [1.807, 2.05) is 0 Å². The van der Waals surface area contributed by atoms with Crippen LogP contribution >= 0.6 is 0 Å².